The van der Waals surface area contributed by atoms with E-state index in [4.69, 9.17) is 5.73 Å². The van der Waals surface area contributed by atoms with Crippen molar-refractivity contribution in [3.05, 3.63) is 95.8 Å². The Bertz CT molecular complexity index is 1010. The highest BCUT2D eigenvalue weighted by molar-refractivity contribution is 6.05. The lowest BCUT2D eigenvalue weighted by Gasteiger charge is -2.26. The van der Waals surface area contributed by atoms with Gasteiger partial charge in [-0.15, -0.1) is 0 Å². The molecule has 0 radical (unpaired) electrons. The molecule has 1 aliphatic rings. The monoisotopic (exact) mass is 384 g/mol. The molecule has 0 saturated carbocycles. The number of pyridine rings is 1. The minimum absolute atomic E-state index is 0.214. The van der Waals surface area contributed by atoms with Gasteiger partial charge in [0.15, 0.2) is 0 Å². The van der Waals surface area contributed by atoms with E-state index < -0.39 is 0 Å². The normalized spacial score (nSPS) is 14.3. The van der Waals surface area contributed by atoms with Gasteiger partial charge in [0.05, 0.1) is 22.6 Å². The zero-order valence-corrected chi connectivity index (χ0v) is 16.2. The van der Waals surface area contributed by atoms with Crippen LogP contribution >= 0.6 is 0 Å². The summed E-state index contributed by atoms with van der Waals surface area (Å²) in [4.78, 5) is 19.4. The molecule has 146 valence electrons. The SMILES string of the molecule is Nc1ccccc1NC(=O)c1ccc(C2=CCN(Cc3ccccc3)CC2)nc1. The summed E-state index contributed by atoms with van der Waals surface area (Å²) in [6.45, 7) is 2.86. The Kier molecular flexibility index (Phi) is 5.68. The van der Waals surface area contributed by atoms with Gasteiger partial charge in [0, 0.05) is 25.8 Å². The highest BCUT2D eigenvalue weighted by atomic mass is 16.1. The maximum Gasteiger partial charge on any atom is 0.257 e. The number of aromatic nitrogens is 1. The van der Waals surface area contributed by atoms with E-state index in [0.29, 0.717) is 16.9 Å². The third-order valence-corrected chi connectivity index (χ3v) is 5.11. The molecular weight excluding hydrogens is 360 g/mol. The number of amides is 1. The van der Waals surface area contributed by atoms with Crippen molar-refractivity contribution in [1.82, 2.24) is 9.88 Å². The Labute approximate surface area is 170 Å². The van der Waals surface area contributed by atoms with Crippen LogP contribution in [0.1, 0.15) is 28.0 Å². The largest absolute Gasteiger partial charge is 0.397 e. The van der Waals surface area contributed by atoms with Gasteiger partial charge in [-0.3, -0.25) is 14.7 Å². The van der Waals surface area contributed by atoms with Crippen molar-refractivity contribution in [2.45, 2.75) is 13.0 Å². The number of para-hydroxylation sites is 2. The predicted molar refractivity (Wildman–Crippen MR) is 117 cm³/mol. The van der Waals surface area contributed by atoms with Crippen LogP contribution < -0.4 is 11.1 Å². The van der Waals surface area contributed by atoms with Crippen LogP contribution in [0.5, 0.6) is 0 Å². The number of nitrogens with one attached hydrogen (secondary N) is 1. The van der Waals surface area contributed by atoms with Crippen molar-refractivity contribution in [2.24, 2.45) is 0 Å². The van der Waals surface area contributed by atoms with Gasteiger partial charge in [0.25, 0.3) is 5.91 Å². The highest BCUT2D eigenvalue weighted by Crippen LogP contribution is 2.22. The van der Waals surface area contributed by atoms with Crippen LogP contribution in [-0.2, 0) is 6.54 Å². The third-order valence-electron chi connectivity index (χ3n) is 5.11. The number of carbonyl (C=O) groups is 1. The van der Waals surface area contributed by atoms with Gasteiger partial charge >= 0.3 is 0 Å². The molecule has 29 heavy (non-hydrogen) atoms. The van der Waals surface area contributed by atoms with Crippen molar-refractivity contribution < 1.29 is 4.79 Å². The van der Waals surface area contributed by atoms with Crippen LogP contribution in [0.2, 0.25) is 0 Å². The fraction of sp³-hybridized carbons (Fsp3) is 0.167. The molecule has 3 aromatic rings. The standard InChI is InChI=1S/C24H24N4O/c25-21-8-4-5-9-23(21)27-24(29)20-10-11-22(26-16-20)19-12-14-28(15-13-19)17-18-6-2-1-3-7-18/h1-12,16H,13-15,17,25H2,(H,27,29). The molecule has 0 spiro atoms. The van der Waals surface area contributed by atoms with Gasteiger partial charge in [-0.2, -0.15) is 0 Å². The molecule has 1 aliphatic heterocycles. The second kappa shape index (κ2) is 8.71. The molecule has 2 aromatic carbocycles. The van der Waals surface area contributed by atoms with Gasteiger partial charge < -0.3 is 11.1 Å². The number of nitrogen functional groups attached to an aromatic ring is 1. The first-order chi connectivity index (χ1) is 14.2. The number of benzene rings is 2. The fourth-order valence-electron chi connectivity index (χ4n) is 3.45. The molecule has 0 aliphatic carbocycles. The molecule has 5 nitrogen and oxygen atoms in total. The smallest absolute Gasteiger partial charge is 0.257 e. The summed E-state index contributed by atoms with van der Waals surface area (Å²) >= 11 is 0. The molecule has 1 amide bonds. The minimum atomic E-state index is -0.214. The second-order valence-electron chi connectivity index (χ2n) is 7.17. The summed E-state index contributed by atoms with van der Waals surface area (Å²) in [7, 11) is 0. The van der Waals surface area contributed by atoms with Crippen molar-refractivity contribution >= 4 is 22.9 Å². The third kappa shape index (κ3) is 4.70. The van der Waals surface area contributed by atoms with E-state index in [2.05, 4.69) is 45.5 Å². The Hall–Kier alpha value is -3.44. The first kappa shape index (κ1) is 18.9. The minimum Gasteiger partial charge on any atom is -0.397 e. The summed E-state index contributed by atoms with van der Waals surface area (Å²) in [5.41, 5.74) is 11.0. The van der Waals surface area contributed by atoms with E-state index in [1.807, 2.05) is 30.3 Å². The van der Waals surface area contributed by atoms with Gasteiger partial charge in [0.1, 0.15) is 0 Å². The topological polar surface area (TPSA) is 71.2 Å². The molecule has 3 N–H and O–H groups in total. The van der Waals surface area contributed by atoms with Crippen molar-refractivity contribution in [2.75, 3.05) is 24.1 Å². The Morgan fingerprint density at radius 1 is 1.03 bits per heavy atom. The first-order valence-corrected chi connectivity index (χ1v) is 9.76. The zero-order chi connectivity index (χ0) is 20.1. The summed E-state index contributed by atoms with van der Waals surface area (Å²) < 4.78 is 0. The number of hydrogen-bond donors (Lipinski definition) is 2. The summed E-state index contributed by atoms with van der Waals surface area (Å²) in [5.74, 6) is -0.214. The quantitative estimate of drug-likeness (QED) is 0.647. The van der Waals surface area contributed by atoms with E-state index in [9.17, 15) is 4.79 Å². The fourth-order valence-corrected chi connectivity index (χ4v) is 3.45. The van der Waals surface area contributed by atoms with E-state index in [1.165, 1.54) is 11.1 Å². The molecular formula is C24H24N4O. The summed E-state index contributed by atoms with van der Waals surface area (Å²) in [6, 6.07) is 21.5. The molecule has 4 rings (SSSR count). The van der Waals surface area contributed by atoms with Crippen LogP contribution in [0.15, 0.2) is 79.0 Å². The Balaban J connectivity index is 1.38. The highest BCUT2D eigenvalue weighted by Gasteiger charge is 2.15. The van der Waals surface area contributed by atoms with Crippen LogP contribution in [0.25, 0.3) is 5.57 Å². The van der Waals surface area contributed by atoms with Crippen molar-refractivity contribution in [1.29, 1.82) is 0 Å². The number of carbonyl (C=O) groups excluding carboxylic acids is 1. The molecule has 1 aromatic heterocycles. The van der Waals surface area contributed by atoms with Crippen LogP contribution in [0.4, 0.5) is 11.4 Å². The number of nitrogens with zero attached hydrogens (tertiary/aromatic N) is 2. The maximum atomic E-state index is 12.4. The van der Waals surface area contributed by atoms with Gasteiger partial charge in [-0.25, -0.2) is 0 Å². The first-order valence-electron chi connectivity index (χ1n) is 9.76. The molecule has 0 atom stereocenters. The Morgan fingerprint density at radius 3 is 2.52 bits per heavy atom. The number of nitrogens with two attached hydrogens (primary N) is 1. The molecule has 0 bridgehead atoms. The molecule has 5 heteroatoms. The average Bonchev–Trinajstić information content (AvgIpc) is 2.77. The Morgan fingerprint density at radius 2 is 1.83 bits per heavy atom. The molecule has 0 saturated heterocycles. The molecule has 0 fully saturated rings. The van der Waals surface area contributed by atoms with Crippen molar-refractivity contribution in [3.63, 3.8) is 0 Å². The summed E-state index contributed by atoms with van der Waals surface area (Å²) in [6.07, 6.45) is 4.81. The number of hydrogen-bond acceptors (Lipinski definition) is 4. The van der Waals surface area contributed by atoms with E-state index >= 15 is 0 Å². The van der Waals surface area contributed by atoms with Crippen LogP contribution in [-0.4, -0.2) is 28.9 Å². The lowest BCUT2D eigenvalue weighted by atomic mass is 10.0. The van der Waals surface area contributed by atoms with Gasteiger partial charge in [-0.05, 0) is 41.8 Å². The zero-order valence-electron chi connectivity index (χ0n) is 16.2. The van der Waals surface area contributed by atoms with E-state index in [1.54, 1.807) is 18.3 Å². The second-order valence-corrected chi connectivity index (χ2v) is 7.17. The predicted octanol–water partition coefficient (Wildman–Crippen LogP) is 4.21. The van der Waals surface area contributed by atoms with Crippen LogP contribution in [0, 0.1) is 0 Å². The number of anilines is 2. The summed E-state index contributed by atoms with van der Waals surface area (Å²) in [5, 5.41) is 2.83. The maximum absolute atomic E-state index is 12.4. The van der Waals surface area contributed by atoms with Crippen LogP contribution in [0.3, 0.4) is 0 Å². The number of rotatable bonds is 5. The van der Waals surface area contributed by atoms with E-state index in [-0.39, 0.29) is 5.91 Å². The molecule has 0 unspecified atom stereocenters. The molecule has 2 heterocycles. The van der Waals surface area contributed by atoms with Gasteiger partial charge in [-0.1, -0.05) is 48.5 Å². The lowest BCUT2D eigenvalue weighted by molar-refractivity contribution is 0.102. The van der Waals surface area contributed by atoms with Crippen molar-refractivity contribution in [3.8, 4) is 0 Å². The van der Waals surface area contributed by atoms with E-state index in [0.717, 1.165) is 31.7 Å². The lowest BCUT2D eigenvalue weighted by Crippen LogP contribution is -2.28. The van der Waals surface area contributed by atoms with Gasteiger partial charge in [0.2, 0.25) is 0 Å². The average molecular weight is 384 g/mol.